The molecule has 2 amide bonds. The van der Waals surface area contributed by atoms with Gasteiger partial charge in [0.25, 0.3) is 0 Å². The summed E-state index contributed by atoms with van der Waals surface area (Å²) in [5.41, 5.74) is 0.710. The summed E-state index contributed by atoms with van der Waals surface area (Å²) in [5, 5.41) is 8.83. The molecule has 1 aromatic heterocycles. The van der Waals surface area contributed by atoms with Gasteiger partial charge in [-0.1, -0.05) is 0 Å². The summed E-state index contributed by atoms with van der Waals surface area (Å²) in [7, 11) is 1.52. The van der Waals surface area contributed by atoms with E-state index in [0.717, 1.165) is 32.4 Å². The van der Waals surface area contributed by atoms with Crippen LogP contribution in [0.4, 0.5) is 5.69 Å². The Morgan fingerprint density at radius 1 is 1.28 bits per heavy atom. The molecule has 2 heterocycles. The molecular weight excluding hydrogens is 372 g/mol. The van der Waals surface area contributed by atoms with E-state index in [9.17, 15) is 9.59 Å². The molecule has 156 valence electrons. The number of hydrogen-bond acceptors (Lipinski definition) is 6. The summed E-state index contributed by atoms with van der Waals surface area (Å²) in [6, 6.07) is 5.07. The van der Waals surface area contributed by atoms with Crippen LogP contribution < -0.4 is 20.7 Å². The van der Waals surface area contributed by atoms with Crippen LogP contribution in [0, 0.1) is 5.92 Å². The molecule has 8 heteroatoms. The van der Waals surface area contributed by atoms with Gasteiger partial charge < -0.3 is 25.1 Å². The van der Waals surface area contributed by atoms with E-state index in [4.69, 9.17) is 9.15 Å². The van der Waals surface area contributed by atoms with E-state index in [-0.39, 0.29) is 0 Å². The Bertz CT molecular complexity index is 842. The first-order valence-electron chi connectivity index (χ1n) is 9.79. The van der Waals surface area contributed by atoms with Crippen molar-refractivity contribution in [3.63, 3.8) is 0 Å². The molecule has 0 atom stereocenters. The highest BCUT2D eigenvalue weighted by Gasteiger charge is 2.28. The predicted molar refractivity (Wildman–Crippen MR) is 110 cm³/mol. The molecule has 3 rings (SSSR count). The minimum Gasteiger partial charge on any atom is -0.496 e. The van der Waals surface area contributed by atoms with Crippen molar-refractivity contribution in [2.75, 3.05) is 25.5 Å². The molecule has 0 unspecified atom stereocenters. The molecule has 0 aliphatic carbocycles. The van der Waals surface area contributed by atoms with Crippen molar-refractivity contribution in [1.82, 2.24) is 15.6 Å². The topological polar surface area (TPSA) is 105 Å². The molecule has 0 spiro atoms. The van der Waals surface area contributed by atoms with E-state index in [1.807, 2.05) is 13.8 Å². The van der Waals surface area contributed by atoms with E-state index < -0.39 is 17.4 Å². The van der Waals surface area contributed by atoms with Gasteiger partial charge in [0, 0.05) is 17.3 Å². The summed E-state index contributed by atoms with van der Waals surface area (Å²) in [5.74, 6) is 0.242. The van der Waals surface area contributed by atoms with Crippen LogP contribution in [-0.4, -0.2) is 42.5 Å². The van der Waals surface area contributed by atoms with E-state index >= 15 is 0 Å². The Labute approximate surface area is 170 Å². The second-order valence-corrected chi connectivity index (χ2v) is 7.97. The number of anilines is 1. The van der Waals surface area contributed by atoms with Crippen molar-refractivity contribution in [2.45, 2.75) is 38.6 Å². The Morgan fingerprint density at radius 3 is 2.69 bits per heavy atom. The van der Waals surface area contributed by atoms with Crippen molar-refractivity contribution in [2.24, 2.45) is 5.92 Å². The first kappa shape index (κ1) is 20.9. The summed E-state index contributed by atoms with van der Waals surface area (Å²) in [6.07, 6.45) is 5.92. The lowest BCUT2D eigenvalue weighted by atomic mass is 9.85. The maximum absolute atomic E-state index is 12.4. The quantitative estimate of drug-likeness (QED) is 0.644. The lowest BCUT2D eigenvalue weighted by Gasteiger charge is -2.32. The van der Waals surface area contributed by atoms with Crippen LogP contribution in [0.5, 0.6) is 5.75 Å². The SMILES string of the molecule is COc1cc(NC(=O)C(=O)NC(C)(C)CC2CCNCC2)ccc1-c1cnco1. The molecule has 0 radical (unpaired) electrons. The molecule has 3 N–H and O–H groups in total. The number of piperidine rings is 1. The monoisotopic (exact) mass is 400 g/mol. The molecule has 1 saturated heterocycles. The van der Waals surface area contributed by atoms with Crippen LogP contribution in [0.1, 0.15) is 33.1 Å². The summed E-state index contributed by atoms with van der Waals surface area (Å²) in [4.78, 5) is 28.7. The Hall–Kier alpha value is -2.87. The Morgan fingerprint density at radius 2 is 2.03 bits per heavy atom. The van der Waals surface area contributed by atoms with Gasteiger partial charge in [-0.2, -0.15) is 0 Å². The minimum atomic E-state index is -0.710. The van der Waals surface area contributed by atoms with Crippen LogP contribution in [-0.2, 0) is 9.59 Å². The number of ether oxygens (including phenoxy) is 1. The molecule has 1 aliphatic heterocycles. The number of amides is 2. The number of aromatic nitrogens is 1. The zero-order chi connectivity index (χ0) is 20.9. The van der Waals surface area contributed by atoms with Crippen LogP contribution in [0.25, 0.3) is 11.3 Å². The highest BCUT2D eigenvalue weighted by molar-refractivity contribution is 6.39. The maximum Gasteiger partial charge on any atom is 0.313 e. The average Bonchev–Trinajstić information content (AvgIpc) is 3.22. The third-order valence-electron chi connectivity index (χ3n) is 5.07. The zero-order valence-electron chi connectivity index (χ0n) is 17.1. The fourth-order valence-electron chi connectivity index (χ4n) is 3.73. The number of nitrogens with one attached hydrogen (secondary N) is 3. The minimum absolute atomic E-state index is 0.454. The largest absolute Gasteiger partial charge is 0.496 e. The number of hydrogen-bond donors (Lipinski definition) is 3. The zero-order valence-corrected chi connectivity index (χ0v) is 17.1. The second-order valence-electron chi connectivity index (χ2n) is 7.97. The predicted octanol–water partition coefficient (Wildman–Crippen LogP) is 2.57. The van der Waals surface area contributed by atoms with Gasteiger partial charge in [-0.3, -0.25) is 9.59 Å². The van der Waals surface area contributed by atoms with Crippen LogP contribution in [0.15, 0.2) is 35.2 Å². The normalized spacial score (nSPS) is 15.0. The summed E-state index contributed by atoms with van der Waals surface area (Å²) in [6.45, 7) is 5.91. The summed E-state index contributed by atoms with van der Waals surface area (Å²) >= 11 is 0. The van der Waals surface area contributed by atoms with Gasteiger partial charge in [0.05, 0.1) is 18.9 Å². The lowest BCUT2D eigenvalue weighted by molar-refractivity contribution is -0.137. The number of oxazole rings is 1. The fourth-order valence-corrected chi connectivity index (χ4v) is 3.73. The highest BCUT2D eigenvalue weighted by atomic mass is 16.5. The van der Waals surface area contributed by atoms with Gasteiger partial charge in [0.15, 0.2) is 12.2 Å². The molecular formula is C21H28N4O4. The van der Waals surface area contributed by atoms with Crippen LogP contribution >= 0.6 is 0 Å². The highest BCUT2D eigenvalue weighted by Crippen LogP contribution is 2.32. The molecule has 1 fully saturated rings. The van der Waals surface area contributed by atoms with Crippen LogP contribution in [0.2, 0.25) is 0 Å². The number of benzene rings is 1. The number of methoxy groups -OCH3 is 1. The maximum atomic E-state index is 12.4. The van der Waals surface area contributed by atoms with Crippen molar-refractivity contribution >= 4 is 17.5 Å². The van der Waals surface area contributed by atoms with Gasteiger partial charge in [-0.25, -0.2) is 4.98 Å². The van der Waals surface area contributed by atoms with Crippen molar-refractivity contribution < 1.29 is 18.7 Å². The lowest BCUT2D eigenvalue weighted by Crippen LogP contribution is -2.49. The third kappa shape index (κ3) is 5.57. The fraction of sp³-hybridized carbons (Fsp3) is 0.476. The van der Waals surface area contributed by atoms with Crippen LogP contribution in [0.3, 0.4) is 0 Å². The van der Waals surface area contributed by atoms with E-state index in [2.05, 4.69) is 20.9 Å². The number of carbonyl (C=O) groups excluding carboxylic acids is 2. The van der Waals surface area contributed by atoms with E-state index in [0.29, 0.717) is 28.7 Å². The molecule has 8 nitrogen and oxygen atoms in total. The molecule has 0 bridgehead atoms. The third-order valence-corrected chi connectivity index (χ3v) is 5.07. The number of nitrogens with zero attached hydrogens (tertiary/aromatic N) is 1. The van der Waals surface area contributed by atoms with Gasteiger partial charge in [-0.15, -0.1) is 0 Å². The second kappa shape index (κ2) is 9.09. The standard InChI is InChI=1S/C21H28N4O4/c1-21(2,11-14-6-8-22-9-7-14)25-20(27)19(26)24-15-4-5-16(17(10-15)28-3)18-12-23-13-29-18/h4-5,10,12-14,22H,6-9,11H2,1-3H3,(H,24,26)(H,25,27). The number of carbonyl (C=O) groups is 2. The Kier molecular flexibility index (Phi) is 6.53. The molecule has 1 aliphatic rings. The molecule has 29 heavy (non-hydrogen) atoms. The Balaban J connectivity index is 1.61. The average molecular weight is 400 g/mol. The van der Waals surface area contributed by atoms with Gasteiger partial charge in [0.2, 0.25) is 0 Å². The molecule has 0 saturated carbocycles. The van der Waals surface area contributed by atoms with Crippen molar-refractivity contribution in [3.05, 3.63) is 30.8 Å². The van der Waals surface area contributed by atoms with Gasteiger partial charge in [0.1, 0.15) is 5.75 Å². The number of rotatable bonds is 6. The van der Waals surface area contributed by atoms with Gasteiger partial charge in [-0.05, 0) is 64.3 Å². The van der Waals surface area contributed by atoms with Crippen molar-refractivity contribution in [1.29, 1.82) is 0 Å². The first-order valence-corrected chi connectivity index (χ1v) is 9.79. The first-order chi connectivity index (χ1) is 13.9. The van der Waals surface area contributed by atoms with Gasteiger partial charge >= 0.3 is 11.8 Å². The van der Waals surface area contributed by atoms with E-state index in [1.165, 1.54) is 13.5 Å². The van der Waals surface area contributed by atoms with E-state index in [1.54, 1.807) is 24.4 Å². The molecule has 1 aromatic carbocycles. The smallest absolute Gasteiger partial charge is 0.313 e. The summed E-state index contributed by atoms with van der Waals surface area (Å²) < 4.78 is 10.7. The molecule has 2 aromatic rings. The van der Waals surface area contributed by atoms with Crippen molar-refractivity contribution in [3.8, 4) is 17.1 Å².